The summed E-state index contributed by atoms with van der Waals surface area (Å²) in [5, 5.41) is 9.32. The Kier molecular flexibility index (Phi) is 3.10. The molecule has 1 heteroatoms. The van der Waals surface area contributed by atoms with Gasteiger partial charge in [0.25, 0.3) is 0 Å². The molecule has 1 aromatic carbocycles. The topological polar surface area (TPSA) is 20.2 Å². The summed E-state index contributed by atoms with van der Waals surface area (Å²) in [5.74, 6) is 0.230. The Balaban J connectivity index is 2.92. The summed E-state index contributed by atoms with van der Waals surface area (Å²) in [5.41, 5.74) is 1.34. The van der Waals surface area contributed by atoms with Gasteiger partial charge < -0.3 is 5.11 Å². The number of hydrogen-bond acceptors (Lipinski definition) is 1. The highest BCUT2D eigenvalue weighted by molar-refractivity contribution is 5.21. The van der Waals surface area contributed by atoms with Crippen molar-refractivity contribution < 1.29 is 5.11 Å². The fraction of sp³-hybridized carbons (Fsp3) is 0.500. The lowest BCUT2D eigenvalue weighted by atomic mass is 9.77. The Morgan fingerprint density at radius 3 is 2.08 bits per heavy atom. The van der Waals surface area contributed by atoms with Gasteiger partial charge in [-0.3, -0.25) is 0 Å². The van der Waals surface area contributed by atoms with Crippen LogP contribution in [0, 0.1) is 5.41 Å². The summed E-state index contributed by atoms with van der Waals surface area (Å²) in [6.45, 7) is 6.68. The van der Waals surface area contributed by atoms with Gasteiger partial charge in [-0.2, -0.15) is 0 Å². The molecule has 0 unspecified atom stereocenters. The number of rotatable bonds is 2. The van der Waals surface area contributed by atoms with Gasteiger partial charge in [-0.25, -0.2) is 0 Å². The molecule has 0 saturated heterocycles. The van der Waals surface area contributed by atoms with Crippen molar-refractivity contribution in [3.05, 3.63) is 35.9 Å². The maximum absolute atomic E-state index is 9.32. The molecule has 0 saturated carbocycles. The Bertz CT molecular complexity index is 246. The van der Waals surface area contributed by atoms with E-state index in [2.05, 4.69) is 32.9 Å². The van der Waals surface area contributed by atoms with E-state index in [1.54, 1.807) is 0 Å². The first kappa shape index (κ1) is 10.3. The van der Waals surface area contributed by atoms with Crippen molar-refractivity contribution in [2.75, 3.05) is 6.61 Å². The highest BCUT2D eigenvalue weighted by atomic mass is 16.3. The highest BCUT2D eigenvalue weighted by Gasteiger charge is 2.24. The molecule has 0 aliphatic rings. The number of aliphatic hydroxyl groups excluding tert-OH is 1. The van der Waals surface area contributed by atoms with Crippen LogP contribution in [-0.4, -0.2) is 11.7 Å². The van der Waals surface area contributed by atoms with Gasteiger partial charge in [0.05, 0.1) is 6.61 Å². The molecule has 0 aromatic heterocycles. The van der Waals surface area contributed by atoms with Gasteiger partial charge in [-0.1, -0.05) is 51.1 Å². The van der Waals surface area contributed by atoms with E-state index in [-0.39, 0.29) is 17.9 Å². The molecule has 13 heavy (non-hydrogen) atoms. The van der Waals surface area contributed by atoms with Gasteiger partial charge in [0.15, 0.2) is 0 Å². The molecule has 0 fully saturated rings. The average Bonchev–Trinajstić information content (AvgIpc) is 2.05. The largest absolute Gasteiger partial charge is 0.396 e. The van der Waals surface area contributed by atoms with Crippen molar-refractivity contribution >= 4 is 0 Å². The van der Waals surface area contributed by atoms with Gasteiger partial charge in [0.1, 0.15) is 0 Å². The van der Waals surface area contributed by atoms with Crippen LogP contribution in [0.3, 0.4) is 0 Å². The lowest BCUT2D eigenvalue weighted by Gasteiger charge is -2.29. The predicted molar refractivity (Wildman–Crippen MR) is 55.7 cm³/mol. The van der Waals surface area contributed by atoms with Crippen LogP contribution in [0.4, 0.5) is 0 Å². The van der Waals surface area contributed by atoms with Gasteiger partial charge in [0, 0.05) is 5.92 Å². The average molecular weight is 178 g/mol. The number of hydrogen-bond donors (Lipinski definition) is 1. The summed E-state index contributed by atoms with van der Waals surface area (Å²) in [6.07, 6.45) is 0. The van der Waals surface area contributed by atoms with Gasteiger partial charge in [-0.15, -0.1) is 0 Å². The van der Waals surface area contributed by atoms with Gasteiger partial charge in [0.2, 0.25) is 0 Å². The molecule has 1 N–H and O–H groups in total. The minimum Gasteiger partial charge on any atom is -0.396 e. The van der Waals surface area contributed by atoms with Crippen molar-refractivity contribution in [2.45, 2.75) is 26.7 Å². The number of aliphatic hydroxyl groups is 1. The summed E-state index contributed by atoms with van der Waals surface area (Å²) in [7, 11) is 0. The Labute approximate surface area is 80.4 Å². The Morgan fingerprint density at radius 1 is 1.15 bits per heavy atom. The van der Waals surface area contributed by atoms with E-state index < -0.39 is 0 Å². The minimum absolute atomic E-state index is 0.121. The first-order valence-corrected chi connectivity index (χ1v) is 4.71. The second kappa shape index (κ2) is 3.93. The van der Waals surface area contributed by atoms with E-state index >= 15 is 0 Å². The second-order valence-corrected chi connectivity index (χ2v) is 4.51. The predicted octanol–water partition coefficient (Wildman–Crippen LogP) is 2.81. The first-order chi connectivity index (χ1) is 6.05. The molecule has 0 amide bonds. The van der Waals surface area contributed by atoms with Crippen LogP contribution in [0.15, 0.2) is 30.3 Å². The molecule has 0 aliphatic heterocycles. The maximum atomic E-state index is 9.32. The molecule has 0 radical (unpaired) electrons. The zero-order valence-corrected chi connectivity index (χ0v) is 8.62. The molecular formula is C12H18O. The van der Waals surface area contributed by atoms with Crippen molar-refractivity contribution in [2.24, 2.45) is 5.41 Å². The Morgan fingerprint density at radius 2 is 1.69 bits per heavy atom. The lowest BCUT2D eigenvalue weighted by molar-refractivity contribution is 0.187. The van der Waals surface area contributed by atoms with E-state index in [0.717, 1.165) is 0 Å². The minimum atomic E-state index is 0.121. The summed E-state index contributed by atoms with van der Waals surface area (Å²) < 4.78 is 0. The standard InChI is InChI=1S/C12H18O/c1-12(2,3)11(9-13)10-7-5-4-6-8-10/h4-8,11,13H,9H2,1-3H3/t11-/m0/s1. The van der Waals surface area contributed by atoms with Crippen LogP contribution in [0.25, 0.3) is 0 Å². The molecule has 0 aliphatic carbocycles. The molecule has 1 atom stereocenters. The van der Waals surface area contributed by atoms with E-state index in [1.165, 1.54) is 5.56 Å². The van der Waals surface area contributed by atoms with Crippen molar-refractivity contribution in [1.29, 1.82) is 0 Å². The molecule has 1 rings (SSSR count). The quantitative estimate of drug-likeness (QED) is 0.738. The fourth-order valence-corrected chi connectivity index (χ4v) is 1.56. The second-order valence-electron chi connectivity index (χ2n) is 4.51. The lowest BCUT2D eigenvalue weighted by Crippen LogP contribution is -2.21. The molecule has 0 bridgehead atoms. The third-order valence-corrected chi connectivity index (χ3v) is 2.43. The third kappa shape index (κ3) is 2.56. The van der Waals surface area contributed by atoms with E-state index in [9.17, 15) is 5.11 Å². The molecule has 1 nitrogen and oxygen atoms in total. The Hall–Kier alpha value is -0.820. The van der Waals surface area contributed by atoms with Crippen LogP contribution in [0.2, 0.25) is 0 Å². The van der Waals surface area contributed by atoms with E-state index in [0.29, 0.717) is 0 Å². The third-order valence-electron chi connectivity index (χ3n) is 2.43. The summed E-state index contributed by atoms with van der Waals surface area (Å²) >= 11 is 0. The molecule has 0 spiro atoms. The zero-order chi connectivity index (χ0) is 9.90. The van der Waals surface area contributed by atoms with Crippen molar-refractivity contribution in [3.63, 3.8) is 0 Å². The van der Waals surface area contributed by atoms with Crippen molar-refractivity contribution in [1.82, 2.24) is 0 Å². The zero-order valence-electron chi connectivity index (χ0n) is 8.62. The maximum Gasteiger partial charge on any atom is 0.0504 e. The molecular weight excluding hydrogens is 160 g/mol. The number of benzene rings is 1. The molecule has 1 aromatic rings. The first-order valence-electron chi connectivity index (χ1n) is 4.71. The summed E-state index contributed by atoms with van der Waals surface area (Å²) in [4.78, 5) is 0. The van der Waals surface area contributed by atoms with Crippen LogP contribution in [-0.2, 0) is 0 Å². The van der Waals surface area contributed by atoms with E-state index in [4.69, 9.17) is 0 Å². The fourth-order valence-electron chi connectivity index (χ4n) is 1.56. The highest BCUT2D eigenvalue weighted by Crippen LogP contribution is 2.34. The van der Waals surface area contributed by atoms with Crippen LogP contribution >= 0.6 is 0 Å². The molecule has 72 valence electrons. The van der Waals surface area contributed by atoms with Gasteiger partial charge in [-0.05, 0) is 11.0 Å². The van der Waals surface area contributed by atoms with E-state index in [1.807, 2.05) is 18.2 Å². The smallest absolute Gasteiger partial charge is 0.0504 e. The van der Waals surface area contributed by atoms with Crippen molar-refractivity contribution in [3.8, 4) is 0 Å². The van der Waals surface area contributed by atoms with Crippen LogP contribution < -0.4 is 0 Å². The van der Waals surface area contributed by atoms with Gasteiger partial charge >= 0.3 is 0 Å². The molecule has 0 heterocycles. The summed E-state index contributed by atoms with van der Waals surface area (Å²) in [6, 6.07) is 10.2. The normalized spacial score (nSPS) is 14.2. The monoisotopic (exact) mass is 178 g/mol. The van der Waals surface area contributed by atoms with Crippen LogP contribution in [0.1, 0.15) is 32.3 Å². The SMILES string of the molecule is CC(C)(C)[C@@H](CO)c1ccccc1. The van der Waals surface area contributed by atoms with Crippen LogP contribution in [0.5, 0.6) is 0 Å².